The standard InChI is InChI=1S/C12H15N3O/c1-8-10(6-13)5-11(7-15-8)16-9(2)12-3-4-14-12/h5,7,9,12,14H,3-4H2,1-2H3. The van der Waals surface area contributed by atoms with Crippen molar-refractivity contribution in [2.75, 3.05) is 6.54 Å². The van der Waals surface area contributed by atoms with Crippen molar-refractivity contribution >= 4 is 0 Å². The molecule has 0 radical (unpaired) electrons. The van der Waals surface area contributed by atoms with Gasteiger partial charge in [0.1, 0.15) is 17.9 Å². The highest BCUT2D eigenvalue weighted by Crippen LogP contribution is 2.18. The van der Waals surface area contributed by atoms with Crippen LogP contribution >= 0.6 is 0 Å². The molecule has 1 aromatic heterocycles. The molecular formula is C12H15N3O. The molecule has 2 unspecified atom stereocenters. The summed E-state index contributed by atoms with van der Waals surface area (Å²) in [6.07, 6.45) is 2.93. The fourth-order valence-corrected chi connectivity index (χ4v) is 1.70. The number of hydrogen-bond acceptors (Lipinski definition) is 4. The van der Waals surface area contributed by atoms with Gasteiger partial charge in [0, 0.05) is 12.1 Å². The molecule has 1 N–H and O–H groups in total. The first-order valence-electron chi connectivity index (χ1n) is 5.47. The Kier molecular flexibility index (Phi) is 3.07. The van der Waals surface area contributed by atoms with E-state index in [1.807, 2.05) is 13.8 Å². The molecule has 4 heteroatoms. The number of nitriles is 1. The van der Waals surface area contributed by atoms with E-state index in [1.54, 1.807) is 12.3 Å². The normalized spacial score (nSPS) is 20.7. The lowest BCUT2D eigenvalue weighted by atomic mass is 10.0. The minimum atomic E-state index is 0.116. The second-order valence-electron chi connectivity index (χ2n) is 4.09. The van der Waals surface area contributed by atoms with E-state index in [-0.39, 0.29) is 6.10 Å². The monoisotopic (exact) mass is 217 g/mol. The van der Waals surface area contributed by atoms with Crippen molar-refractivity contribution in [3.63, 3.8) is 0 Å². The van der Waals surface area contributed by atoms with Gasteiger partial charge in [-0.15, -0.1) is 0 Å². The minimum absolute atomic E-state index is 0.116. The number of nitrogens with zero attached hydrogens (tertiary/aromatic N) is 2. The summed E-state index contributed by atoms with van der Waals surface area (Å²) in [6.45, 7) is 4.91. The Morgan fingerprint density at radius 3 is 3.00 bits per heavy atom. The van der Waals surface area contributed by atoms with Crippen LogP contribution in [-0.2, 0) is 0 Å². The first kappa shape index (κ1) is 10.9. The van der Waals surface area contributed by atoms with Crippen LogP contribution in [0.4, 0.5) is 0 Å². The zero-order valence-corrected chi connectivity index (χ0v) is 9.53. The van der Waals surface area contributed by atoms with Gasteiger partial charge >= 0.3 is 0 Å². The van der Waals surface area contributed by atoms with Gasteiger partial charge in [-0.3, -0.25) is 4.98 Å². The van der Waals surface area contributed by atoms with Crippen molar-refractivity contribution in [3.05, 3.63) is 23.5 Å². The highest BCUT2D eigenvalue weighted by molar-refractivity contribution is 5.37. The second-order valence-corrected chi connectivity index (χ2v) is 4.09. The van der Waals surface area contributed by atoms with Gasteiger partial charge in [-0.05, 0) is 26.8 Å². The molecule has 0 aliphatic carbocycles. The Labute approximate surface area is 95.3 Å². The van der Waals surface area contributed by atoms with E-state index in [9.17, 15) is 0 Å². The number of hydrogen-bond donors (Lipinski definition) is 1. The van der Waals surface area contributed by atoms with Crippen LogP contribution in [0.1, 0.15) is 24.6 Å². The van der Waals surface area contributed by atoms with E-state index in [0.717, 1.165) is 18.7 Å². The molecule has 0 bridgehead atoms. The third kappa shape index (κ3) is 2.15. The number of ether oxygens (including phenoxy) is 1. The highest BCUT2D eigenvalue weighted by Gasteiger charge is 2.24. The first-order valence-corrected chi connectivity index (χ1v) is 5.47. The summed E-state index contributed by atoms with van der Waals surface area (Å²) in [5.41, 5.74) is 1.32. The second kappa shape index (κ2) is 4.50. The molecule has 84 valence electrons. The van der Waals surface area contributed by atoms with Gasteiger partial charge in [0.25, 0.3) is 0 Å². The predicted octanol–water partition coefficient (Wildman–Crippen LogP) is 1.39. The summed E-state index contributed by atoms with van der Waals surface area (Å²) in [4.78, 5) is 4.14. The lowest BCUT2D eigenvalue weighted by molar-refractivity contribution is 0.133. The van der Waals surface area contributed by atoms with Crippen molar-refractivity contribution in [1.82, 2.24) is 10.3 Å². The number of rotatable bonds is 3. The smallest absolute Gasteiger partial charge is 0.139 e. The van der Waals surface area contributed by atoms with Crippen LogP contribution in [0.3, 0.4) is 0 Å². The summed E-state index contributed by atoms with van der Waals surface area (Å²) in [6, 6.07) is 4.28. The molecule has 4 nitrogen and oxygen atoms in total. The molecule has 0 aromatic carbocycles. The van der Waals surface area contributed by atoms with E-state index in [4.69, 9.17) is 10.00 Å². The summed E-state index contributed by atoms with van der Waals surface area (Å²) in [7, 11) is 0. The first-order chi connectivity index (χ1) is 7.70. The maximum atomic E-state index is 8.89. The minimum Gasteiger partial charge on any atom is -0.487 e. The van der Waals surface area contributed by atoms with Gasteiger partial charge in [0.15, 0.2) is 0 Å². The number of aromatic nitrogens is 1. The Morgan fingerprint density at radius 2 is 2.44 bits per heavy atom. The van der Waals surface area contributed by atoms with Gasteiger partial charge < -0.3 is 10.1 Å². The maximum absolute atomic E-state index is 8.89. The van der Waals surface area contributed by atoms with Gasteiger partial charge in [-0.2, -0.15) is 5.26 Å². The van der Waals surface area contributed by atoms with Crippen LogP contribution in [-0.4, -0.2) is 23.7 Å². The van der Waals surface area contributed by atoms with Crippen LogP contribution in [0.25, 0.3) is 0 Å². The van der Waals surface area contributed by atoms with Crippen molar-refractivity contribution in [3.8, 4) is 11.8 Å². The lowest BCUT2D eigenvalue weighted by Crippen LogP contribution is -2.51. The van der Waals surface area contributed by atoms with E-state index in [0.29, 0.717) is 17.4 Å². The third-order valence-corrected chi connectivity index (χ3v) is 2.93. The maximum Gasteiger partial charge on any atom is 0.139 e. The zero-order chi connectivity index (χ0) is 11.5. The molecule has 2 heterocycles. The SMILES string of the molecule is Cc1ncc(OC(C)C2CCN2)cc1C#N. The summed E-state index contributed by atoms with van der Waals surface area (Å²) >= 11 is 0. The quantitative estimate of drug-likeness (QED) is 0.831. The largest absolute Gasteiger partial charge is 0.487 e. The number of pyridine rings is 1. The van der Waals surface area contributed by atoms with E-state index >= 15 is 0 Å². The molecule has 2 atom stereocenters. The van der Waals surface area contributed by atoms with Crippen LogP contribution in [0.15, 0.2) is 12.3 Å². The van der Waals surface area contributed by atoms with Crippen molar-refractivity contribution < 1.29 is 4.74 Å². The van der Waals surface area contributed by atoms with E-state index in [2.05, 4.69) is 16.4 Å². The molecule has 1 aliphatic rings. The Morgan fingerprint density at radius 1 is 1.69 bits per heavy atom. The van der Waals surface area contributed by atoms with Crippen LogP contribution in [0.5, 0.6) is 5.75 Å². The van der Waals surface area contributed by atoms with Crippen LogP contribution < -0.4 is 10.1 Å². The molecule has 1 fully saturated rings. The Hall–Kier alpha value is -1.60. The molecule has 2 rings (SSSR count). The summed E-state index contributed by atoms with van der Waals surface area (Å²) in [5, 5.41) is 12.2. The topological polar surface area (TPSA) is 57.9 Å². The van der Waals surface area contributed by atoms with E-state index < -0.39 is 0 Å². The molecule has 16 heavy (non-hydrogen) atoms. The number of nitrogens with one attached hydrogen (secondary N) is 1. The van der Waals surface area contributed by atoms with Crippen LogP contribution in [0.2, 0.25) is 0 Å². The molecule has 1 saturated heterocycles. The zero-order valence-electron chi connectivity index (χ0n) is 9.53. The molecule has 1 aromatic rings. The van der Waals surface area contributed by atoms with E-state index in [1.165, 1.54) is 0 Å². The van der Waals surface area contributed by atoms with Gasteiger partial charge in [0.05, 0.1) is 17.5 Å². The summed E-state index contributed by atoms with van der Waals surface area (Å²) in [5.74, 6) is 0.670. The Bertz CT molecular complexity index is 421. The van der Waals surface area contributed by atoms with Crippen molar-refractivity contribution in [2.45, 2.75) is 32.4 Å². The highest BCUT2D eigenvalue weighted by atomic mass is 16.5. The molecule has 0 amide bonds. The lowest BCUT2D eigenvalue weighted by Gasteiger charge is -2.33. The third-order valence-electron chi connectivity index (χ3n) is 2.93. The van der Waals surface area contributed by atoms with Crippen molar-refractivity contribution in [2.24, 2.45) is 0 Å². The molecule has 0 saturated carbocycles. The average molecular weight is 217 g/mol. The average Bonchev–Trinajstić information content (AvgIpc) is 2.18. The summed E-state index contributed by atoms with van der Waals surface area (Å²) < 4.78 is 5.74. The molecular weight excluding hydrogens is 202 g/mol. The van der Waals surface area contributed by atoms with Crippen molar-refractivity contribution in [1.29, 1.82) is 5.26 Å². The fraction of sp³-hybridized carbons (Fsp3) is 0.500. The predicted molar refractivity (Wildman–Crippen MR) is 60.2 cm³/mol. The molecule has 1 aliphatic heterocycles. The number of aryl methyl sites for hydroxylation is 1. The van der Waals surface area contributed by atoms with Gasteiger partial charge in [0.2, 0.25) is 0 Å². The van der Waals surface area contributed by atoms with Gasteiger partial charge in [-0.1, -0.05) is 0 Å². The molecule has 0 spiro atoms. The Balaban J connectivity index is 2.06. The van der Waals surface area contributed by atoms with Crippen LogP contribution in [0, 0.1) is 18.3 Å². The fourth-order valence-electron chi connectivity index (χ4n) is 1.70. The van der Waals surface area contributed by atoms with Gasteiger partial charge in [-0.25, -0.2) is 0 Å².